The molecule has 0 saturated carbocycles. The molecule has 0 aromatic carbocycles. The molecule has 0 bridgehead atoms. The smallest absolute Gasteiger partial charge is 0.0492 e. The van der Waals surface area contributed by atoms with Crippen LogP contribution in [0.15, 0.2) is 12.3 Å². The van der Waals surface area contributed by atoms with Crippen molar-refractivity contribution in [2.75, 3.05) is 0 Å². The van der Waals surface area contributed by atoms with Gasteiger partial charge in [0.1, 0.15) is 0 Å². The van der Waals surface area contributed by atoms with Gasteiger partial charge >= 0.3 is 0 Å². The van der Waals surface area contributed by atoms with Gasteiger partial charge in [-0.3, -0.25) is 4.68 Å². The molecule has 1 rings (SSSR count). The van der Waals surface area contributed by atoms with Crippen molar-refractivity contribution in [3.05, 3.63) is 18.0 Å². The predicted molar refractivity (Wildman–Crippen MR) is 45.2 cm³/mol. The number of nitrogens with two attached hydrogens (primary N) is 1. The predicted octanol–water partition coefficient (Wildman–Crippen LogP) is 0.700. The van der Waals surface area contributed by atoms with Gasteiger partial charge in [0.2, 0.25) is 0 Å². The molecule has 0 saturated heterocycles. The highest BCUT2D eigenvalue weighted by molar-refractivity contribution is 5.01. The molecule has 3 heteroatoms. The number of rotatable bonds is 3. The van der Waals surface area contributed by atoms with Gasteiger partial charge in [0.25, 0.3) is 0 Å². The summed E-state index contributed by atoms with van der Waals surface area (Å²) in [6.45, 7) is 2.10. The van der Waals surface area contributed by atoms with Crippen LogP contribution in [0.3, 0.4) is 0 Å². The number of aromatic nitrogens is 2. The summed E-state index contributed by atoms with van der Waals surface area (Å²) in [6, 6.07) is 2.28. The standard InChI is InChI=1S/C8H15N3/c1-3-7(9)6-8-4-5-10-11(8)2/h4-5,7H,3,6,9H2,1-2H3. The molecular formula is C8H15N3. The van der Waals surface area contributed by atoms with E-state index < -0.39 is 0 Å². The second kappa shape index (κ2) is 3.53. The first-order chi connectivity index (χ1) is 5.24. The van der Waals surface area contributed by atoms with E-state index >= 15 is 0 Å². The summed E-state index contributed by atoms with van der Waals surface area (Å²) in [4.78, 5) is 0. The van der Waals surface area contributed by atoms with Crippen LogP contribution in [0.5, 0.6) is 0 Å². The summed E-state index contributed by atoms with van der Waals surface area (Å²) in [5.41, 5.74) is 7.00. The maximum atomic E-state index is 5.79. The zero-order valence-corrected chi connectivity index (χ0v) is 7.12. The van der Waals surface area contributed by atoms with Gasteiger partial charge < -0.3 is 5.73 Å². The average molecular weight is 153 g/mol. The van der Waals surface area contributed by atoms with Gasteiger partial charge in [-0.1, -0.05) is 6.92 Å². The van der Waals surface area contributed by atoms with E-state index in [-0.39, 0.29) is 6.04 Å². The van der Waals surface area contributed by atoms with Gasteiger partial charge in [-0.15, -0.1) is 0 Å². The van der Waals surface area contributed by atoms with E-state index in [9.17, 15) is 0 Å². The van der Waals surface area contributed by atoms with Crippen molar-refractivity contribution >= 4 is 0 Å². The first-order valence-electron chi connectivity index (χ1n) is 3.96. The molecule has 1 atom stereocenters. The summed E-state index contributed by atoms with van der Waals surface area (Å²) in [7, 11) is 1.94. The van der Waals surface area contributed by atoms with Crippen LogP contribution in [0.2, 0.25) is 0 Å². The van der Waals surface area contributed by atoms with E-state index in [1.54, 1.807) is 6.20 Å². The Labute approximate surface area is 67.2 Å². The van der Waals surface area contributed by atoms with E-state index in [0.29, 0.717) is 0 Å². The number of hydrogen-bond acceptors (Lipinski definition) is 2. The Morgan fingerprint density at radius 1 is 1.73 bits per heavy atom. The van der Waals surface area contributed by atoms with Crippen molar-refractivity contribution in [2.24, 2.45) is 12.8 Å². The van der Waals surface area contributed by atoms with Crippen molar-refractivity contribution in [1.82, 2.24) is 9.78 Å². The normalized spacial score (nSPS) is 13.4. The molecule has 62 valence electrons. The van der Waals surface area contributed by atoms with Crippen LogP contribution >= 0.6 is 0 Å². The maximum absolute atomic E-state index is 5.79. The highest BCUT2D eigenvalue weighted by Crippen LogP contribution is 2.01. The van der Waals surface area contributed by atoms with Crippen molar-refractivity contribution in [2.45, 2.75) is 25.8 Å². The average Bonchev–Trinajstić information content (AvgIpc) is 2.37. The Morgan fingerprint density at radius 2 is 2.45 bits per heavy atom. The fraction of sp³-hybridized carbons (Fsp3) is 0.625. The number of nitrogens with zero attached hydrogens (tertiary/aromatic N) is 2. The Balaban J connectivity index is 2.56. The third-order valence-electron chi connectivity index (χ3n) is 1.92. The molecule has 0 spiro atoms. The zero-order chi connectivity index (χ0) is 8.27. The minimum atomic E-state index is 0.269. The summed E-state index contributed by atoms with van der Waals surface area (Å²) in [5.74, 6) is 0. The molecule has 1 unspecified atom stereocenters. The number of aryl methyl sites for hydroxylation is 1. The third-order valence-corrected chi connectivity index (χ3v) is 1.92. The molecule has 0 fully saturated rings. The molecule has 0 aliphatic carbocycles. The Hall–Kier alpha value is -0.830. The summed E-state index contributed by atoms with van der Waals surface area (Å²) < 4.78 is 1.87. The lowest BCUT2D eigenvalue weighted by Crippen LogP contribution is -2.22. The van der Waals surface area contributed by atoms with Crippen molar-refractivity contribution in [1.29, 1.82) is 0 Å². The molecule has 11 heavy (non-hydrogen) atoms. The van der Waals surface area contributed by atoms with Crippen LogP contribution in [0.25, 0.3) is 0 Å². The van der Waals surface area contributed by atoms with Crippen LogP contribution in [0.4, 0.5) is 0 Å². The van der Waals surface area contributed by atoms with Gasteiger partial charge in [0, 0.05) is 31.4 Å². The summed E-state index contributed by atoms with van der Waals surface area (Å²) in [5, 5.41) is 4.07. The fourth-order valence-electron chi connectivity index (χ4n) is 1.01. The lowest BCUT2D eigenvalue weighted by molar-refractivity contribution is 0.602. The van der Waals surface area contributed by atoms with E-state index in [4.69, 9.17) is 5.73 Å². The minimum absolute atomic E-state index is 0.269. The molecular weight excluding hydrogens is 138 g/mol. The van der Waals surface area contributed by atoms with Crippen LogP contribution < -0.4 is 5.73 Å². The molecule has 2 N–H and O–H groups in total. The molecule has 3 nitrogen and oxygen atoms in total. The second-order valence-corrected chi connectivity index (χ2v) is 2.82. The molecule has 1 aromatic heterocycles. The van der Waals surface area contributed by atoms with E-state index in [2.05, 4.69) is 12.0 Å². The van der Waals surface area contributed by atoms with Gasteiger partial charge in [-0.2, -0.15) is 5.10 Å². The molecule has 0 aliphatic heterocycles. The Bertz CT molecular complexity index is 217. The molecule has 0 aliphatic rings. The highest BCUT2D eigenvalue weighted by Gasteiger charge is 2.03. The highest BCUT2D eigenvalue weighted by atomic mass is 15.3. The van der Waals surface area contributed by atoms with Gasteiger partial charge in [-0.05, 0) is 12.5 Å². The van der Waals surface area contributed by atoms with Gasteiger partial charge in [0.15, 0.2) is 0 Å². The molecule has 0 radical (unpaired) electrons. The maximum Gasteiger partial charge on any atom is 0.0492 e. The quantitative estimate of drug-likeness (QED) is 0.694. The van der Waals surface area contributed by atoms with Crippen LogP contribution in [-0.4, -0.2) is 15.8 Å². The topological polar surface area (TPSA) is 43.8 Å². The fourth-order valence-corrected chi connectivity index (χ4v) is 1.01. The SMILES string of the molecule is CCC(N)Cc1ccnn1C. The van der Waals surface area contributed by atoms with E-state index in [1.807, 2.05) is 17.8 Å². The molecule has 1 aromatic rings. The lowest BCUT2D eigenvalue weighted by atomic mass is 10.1. The van der Waals surface area contributed by atoms with E-state index in [1.165, 1.54) is 5.69 Å². The first kappa shape index (κ1) is 8.27. The van der Waals surface area contributed by atoms with Gasteiger partial charge in [0.05, 0.1) is 0 Å². The Kier molecular flexibility index (Phi) is 2.65. The monoisotopic (exact) mass is 153 g/mol. The van der Waals surface area contributed by atoms with Crippen LogP contribution in [0, 0.1) is 0 Å². The number of hydrogen-bond donors (Lipinski definition) is 1. The largest absolute Gasteiger partial charge is 0.327 e. The second-order valence-electron chi connectivity index (χ2n) is 2.82. The molecule has 0 amide bonds. The summed E-state index contributed by atoms with van der Waals surface area (Å²) >= 11 is 0. The molecule has 1 heterocycles. The van der Waals surface area contributed by atoms with Crippen molar-refractivity contribution in [3.63, 3.8) is 0 Å². The van der Waals surface area contributed by atoms with Gasteiger partial charge in [-0.25, -0.2) is 0 Å². The minimum Gasteiger partial charge on any atom is -0.327 e. The van der Waals surface area contributed by atoms with Crippen LogP contribution in [0.1, 0.15) is 19.0 Å². The first-order valence-corrected chi connectivity index (χ1v) is 3.96. The van der Waals surface area contributed by atoms with Crippen molar-refractivity contribution in [3.8, 4) is 0 Å². The van der Waals surface area contributed by atoms with E-state index in [0.717, 1.165) is 12.8 Å². The Morgan fingerprint density at radius 3 is 2.91 bits per heavy atom. The zero-order valence-electron chi connectivity index (χ0n) is 7.12. The third kappa shape index (κ3) is 2.05. The van der Waals surface area contributed by atoms with Crippen LogP contribution in [-0.2, 0) is 13.5 Å². The lowest BCUT2D eigenvalue weighted by Gasteiger charge is -2.07. The summed E-state index contributed by atoms with van der Waals surface area (Å²) in [6.07, 6.45) is 3.75. The van der Waals surface area contributed by atoms with Crippen molar-refractivity contribution < 1.29 is 0 Å².